The van der Waals surface area contributed by atoms with Gasteiger partial charge in [-0.1, -0.05) is 29.8 Å². The predicted molar refractivity (Wildman–Crippen MR) is 93.4 cm³/mol. The van der Waals surface area contributed by atoms with Gasteiger partial charge in [-0.3, -0.25) is 4.72 Å². The highest BCUT2D eigenvalue weighted by molar-refractivity contribution is 7.92. The van der Waals surface area contributed by atoms with Gasteiger partial charge in [-0.2, -0.15) is 0 Å². The molecular formula is C16H15ClN4O2S. The normalized spacial score (nSPS) is 11.5. The molecule has 0 aliphatic carbocycles. The van der Waals surface area contributed by atoms with Crippen LogP contribution in [0.2, 0.25) is 5.02 Å². The van der Waals surface area contributed by atoms with E-state index in [2.05, 4.69) is 14.9 Å². The van der Waals surface area contributed by atoms with Gasteiger partial charge in [0.2, 0.25) is 0 Å². The summed E-state index contributed by atoms with van der Waals surface area (Å²) in [7, 11) is -1.99. The summed E-state index contributed by atoms with van der Waals surface area (Å²) in [6, 6.07) is 11.8. The lowest BCUT2D eigenvalue weighted by atomic mass is 10.2. The fourth-order valence-electron chi connectivity index (χ4n) is 2.37. The molecule has 0 unspecified atom stereocenters. The number of hydrogen-bond acceptors (Lipinski definition) is 4. The molecule has 1 aromatic heterocycles. The van der Waals surface area contributed by atoms with Crippen LogP contribution in [0, 0.1) is 6.92 Å². The van der Waals surface area contributed by atoms with Crippen molar-refractivity contribution in [3.63, 3.8) is 0 Å². The second-order valence-electron chi connectivity index (χ2n) is 5.28. The lowest BCUT2D eigenvalue weighted by Gasteiger charge is -2.14. The second-order valence-corrected chi connectivity index (χ2v) is 7.34. The van der Waals surface area contributed by atoms with Crippen molar-refractivity contribution >= 4 is 27.3 Å². The summed E-state index contributed by atoms with van der Waals surface area (Å²) in [5, 5.41) is 8.28. The van der Waals surface area contributed by atoms with Gasteiger partial charge in [0.05, 0.1) is 10.6 Å². The third-order valence-corrected chi connectivity index (χ3v) is 5.55. The van der Waals surface area contributed by atoms with Crippen LogP contribution < -0.4 is 4.72 Å². The van der Waals surface area contributed by atoms with Crippen molar-refractivity contribution < 1.29 is 8.42 Å². The number of halogens is 1. The minimum absolute atomic E-state index is 0.141. The van der Waals surface area contributed by atoms with Crippen LogP contribution in [0.15, 0.2) is 53.7 Å². The Morgan fingerprint density at radius 1 is 1.12 bits per heavy atom. The van der Waals surface area contributed by atoms with E-state index >= 15 is 0 Å². The molecule has 0 saturated carbocycles. The third-order valence-electron chi connectivity index (χ3n) is 3.63. The molecule has 0 aliphatic rings. The van der Waals surface area contributed by atoms with Gasteiger partial charge in [-0.15, -0.1) is 10.2 Å². The first-order chi connectivity index (χ1) is 11.4. The van der Waals surface area contributed by atoms with Crippen LogP contribution >= 0.6 is 11.6 Å². The summed E-state index contributed by atoms with van der Waals surface area (Å²) in [5.74, 6) is 0.566. The summed E-state index contributed by atoms with van der Waals surface area (Å²) in [6.45, 7) is 1.67. The highest BCUT2D eigenvalue weighted by atomic mass is 35.5. The Hall–Kier alpha value is -2.38. The van der Waals surface area contributed by atoms with Crippen LogP contribution in [-0.4, -0.2) is 23.2 Å². The smallest absolute Gasteiger partial charge is 0.262 e. The first-order valence-electron chi connectivity index (χ1n) is 7.11. The van der Waals surface area contributed by atoms with E-state index in [4.69, 9.17) is 11.6 Å². The van der Waals surface area contributed by atoms with E-state index in [9.17, 15) is 8.42 Å². The molecule has 3 rings (SSSR count). The van der Waals surface area contributed by atoms with Gasteiger partial charge in [0.1, 0.15) is 6.33 Å². The second kappa shape index (κ2) is 6.26. The van der Waals surface area contributed by atoms with Gasteiger partial charge < -0.3 is 4.57 Å². The predicted octanol–water partition coefficient (Wildman–Crippen LogP) is 3.24. The Kier molecular flexibility index (Phi) is 4.29. The SMILES string of the molecule is Cc1c(Cl)cccc1S(=O)(=O)Nc1ccccc1-c1nncn1C. The van der Waals surface area contributed by atoms with Crippen LogP contribution in [0.3, 0.4) is 0 Å². The number of sulfonamides is 1. The van der Waals surface area contributed by atoms with Gasteiger partial charge in [0, 0.05) is 17.6 Å². The van der Waals surface area contributed by atoms with Crippen LogP contribution in [0.25, 0.3) is 11.4 Å². The topological polar surface area (TPSA) is 76.9 Å². The number of rotatable bonds is 4. The molecule has 0 atom stereocenters. The molecule has 8 heteroatoms. The summed E-state index contributed by atoms with van der Waals surface area (Å²) in [6.07, 6.45) is 1.56. The molecule has 0 fully saturated rings. The first kappa shape index (κ1) is 16.5. The molecule has 0 saturated heterocycles. The van der Waals surface area contributed by atoms with Gasteiger partial charge in [0.15, 0.2) is 5.82 Å². The monoisotopic (exact) mass is 362 g/mol. The quantitative estimate of drug-likeness (QED) is 0.772. The maximum absolute atomic E-state index is 12.8. The molecule has 2 aromatic carbocycles. The zero-order chi connectivity index (χ0) is 17.3. The number of nitrogens with zero attached hydrogens (tertiary/aromatic N) is 3. The number of para-hydroxylation sites is 1. The Balaban J connectivity index is 2.06. The van der Waals surface area contributed by atoms with Gasteiger partial charge in [0.25, 0.3) is 10.0 Å². The number of aromatic nitrogens is 3. The molecular weight excluding hydrogens is 348 g/mol. The van der Waals surface area contributed by atoms with Crippen molar-refractivity contribution in [1.82, 2.24) is 14.8 Å². The number of nitrogens with one attached hydrogen (secondary N) is 1. The summed E-state index contributed by atoms with van der Waals surface area (Å²) >= 11 is 6.04. The molecule has 6 nitrogen and oxygen atoms in total. The number of hydrogen-bond donors (Lipinski definition) is 1. The van der Waals surface area contributed by atoms with Crippen molar-refractivity contribution in [1.29, 1.82) is 0 Å². The molecule has 0 aliphatic heterocycles. The fraction of sp³-hybridized carbons (Fsp3) is 0.125. The zero-order valence-electron chi connectivity index (χ0n) is 13.1. The van der Waals surface area contributed by atoms with Crippen molar-refractivity contribution in [3.05, 3.63) is 59.4 Å². The Labute approximate surface area is 145 Å². The minimum Gasteiger partial charge on any atom is -0.317 e. The van der Waals surface area contributed by atoms with Crippen LogP contribution in [-0.2, 0) is 17.1 Å². The summed E-state index contributed by atoms with van der Waals surface area (Å²) in [5.41, 5.74) is 1.57. The number of aryl methyl sites for hydroxylation is 1. The molecule has 1 heterocycles. The summed E-state index contributed by atoms with van der Waals surface area (Å²) < 4.78 is 29.9. The largest absolute Gasteiger partial charge is 0.317 e. The van der Waals surface area contributed by atoms with E-state index in [-0.39, 0.29) is 4.90 Å². The molecule has 0 radical (unpaired) electrons. The Morgan fingerprint density at radius 2 is 1.88 bits per heavy atom. The Bertz CT molecular complexity index is 999. The van der Waals surface area contributed by atoms with E-state index in [0.717, 1.165) is 0 Å². The minimum atomic E-state index is -3.78. The van der Waals surface area contributed by atoms with Crippen molar-refractivity contribution in [2.75, 3.05) is 4.72 Å². The van der Waals surface area contributed by atoms with Crippen molar-refractivity contribution in [3.8, 4) is 11.4 Å². The molecule has 0 spiro atoms. The first-order valence-corrected chi connectivity index (χ1v) is 8.97. The van der Waals surface area contributed by atoms with Crippen LogP contribution in [0.5, 0.6) is 0 Å². The summed E-state index contributed by atoms with van der Waals surface area (Å²) in [4.78, 5) is 0.141. The fourth-order valence-corrected chi connectivity index (χ4v) is 3.95. The maximum Gasteiger partial charge on any atom is 0.262 e. The van der Waals surface area contributed by atoms with E-state index in [0.29, 0.717) is 27.7 Å². The maximum atomic E-state index is 12.8. The Morgan fingerprint density at radius 3 is 2.58 bits per heavy atom. The molecule has 24 heavy (non-hydrogen) atoms. The lowest BCUT2D eigenvalue weighted by molar-refractivity contribution is 0.600. The van der Waals surface area contributed by atoms with Crippen LogP contribution in [0.1, 0.15) is 5.56 Å². The van der Waals surface area contributed by atoms with Gasteiger partial charge in [-0.25, -0.2) is 8.42 Å². The lowest BCUT2D eigenvalue weighted by Crippen LogP contribution is -2.15. The number of anilines is 1. The molecule has 124 valence electrons. The van der Waals surface area contributed by atoms with Gasteiger partial charge in [-0.05, 0) is 36.8 Å². The molecule has 0 bridgehead atoms. The average Bonchev–Trinajstić information content (AvgIpc) is 2.96. The van der Waals surface area contributed by atoms with Crippen LogP contribution in [0.4, 0.5) is 5.69 Å². The third kappa shape index (κ3) is 3.00. The van der Waals surface area contributed by atoms with Crippen molar-refractivity contribution in [2.45, 2.75) is 11.8 Å². The molecule has 0 amide bonds. The highest BCUT2D eigenvalue weighted by Gasteiger charge is 2.20. The molecule has 3 aromatic rings. The number of benzene rings is 2. The van der Waals surface area contributed by atoms with E-state index in [1.165, 1.54) is 6.07 Å². The zero-order valence-corrected chi connectivity index (χ0v) is 14.6. The van der Waals surface area contributed by atoms with Gasteiger partial charge >= 0.3 is 0 Å². The highest BCUT2D eigenvalue weighted by Crippen LogP contribution is 2.29. The van der Waals surface area contributed by atoms with E-state index in [1.54, 1.807) is 55.2 Å². The van der Waals surface area contributed by atoms with Crippen molar-refractivity contribution in [2.24, 2.45) is 7.05 Å². The average molecular weight is 363 g/mol. The standard InChI is InChI=1S/C16H15ClN4O2S/c1-11-13(17)7-5-9-15(11)24(22,23)20-14-8-4-3-6-12(14)16-19-18-10-21(16)2/h3-10,20H,1-2H3. The van der Waals surface area contributed by atoms with E-state index in [1.807, 2.05) is 6.07 Å². The molecule has 1 N–H and O–H groups in total. The van der Waals surface area contributed by atoms with E-state index < -0.39 is 10.0 Å².